The number of aromatic nitrogens is 2. The summed E-state index contributed by atoms with van der Waals surface area (Å²) in [5, 5.41) is 16.5. The van der Waals surface area contributed by atoms with E-state index in [0.29, 0.717) is 5.56 Å². The van der Waals surface area contributed by atoms with Gasteiger partial charge in [-0.3, -0.25) is 0 Å². The maximum absolute atomic E-state index is 11.3. The van der Waals surface area contributed by atoms with Gasteiger partial charge in [0.15, 0.2) is 0 Å². The van der Waals surface area contributed by atoms with E-state index in [9.17, 15) is 5.26 Å². The summed E-state index contributed by atoms with van der Waals surface area (Å²) in [6.45, 7) is 30.2. The van der Waals surface area contributed by atoms with Crippen LogP contribution in [0.2, 0.25) is 0 Å². The molecule has 4 atom stereocenters. The van der Waals surface area contributed by atoms with Crippen LogP contribution in [0.4, 0.5) is 28.4 Å². The summed E-state index contributed by atoms with van der Waals surface area (Å²) in [5.74, 6) is 2.11. The third kappa shape index (κ3) is 9.89. The third-order valence-corrected chi connectivity index (χ3v) is 26.5. The van der Waals surface area contributed by atoms with E-state index < -0.39 is 5.54 Å². The molecule has 0 N–H and O–H groups in total. The van der Waals surface area contributed by atoms with Crippen LogP contribution in [0.3, 0.4) is 0 Å². The number of rotatable bonds is 6. The van der Waals surface area contributed by atoms with E-state index >= 15 is 0 Å². The summed E-state index contributed by atoms with van der Waals surface area (Å²) in [6.07, 6.45) is 9.86. The molecule has 15 heteroatoms. The Hall–Kier alpha value is -10.3. The lowest BCUT2D eigenvalue weighted by atomic mass is 9.34. The van der Waals surface area contributed by atoms with Gasteiger partial charge < -0.3 is 23.7 Å². The lowest BCUT2D eigenvalue weighted by Crippen LogP contribution is -2.59. The van der Waals surface area contributed by atoms with Crippen LogP contribution in [0.5, 0.6) is 11.5 Å². The zero-order valence-corrected chi connectivity index (χ0v) is 66.9. The summed E-state index contributed by atoms with van der Waals surface area (Å²) >= 11 is 0. The molecular weight excluding hydrogens is 1300 g/mol. The number of anilines is 5. The number of nitriles is 1. The van der Waals surface area contributed by atoms with Crippen molar-refractivity contribution in [3.8, 4) is 51.2 Å². The molecular formula is C93H90B9N5O. The Bertz CT molecular complexity index is 6170. The van der Waals surface area contributed by atoms with Gasteiger partial charge in [-0.15, -0.1) is 10.9 Å². The average Bonchev–Trinajstić information content (AvgIpc) is 0.971. The Labute approximate surface area is 645 Å². The first-order chi connectivity index (χ1) is 51.3. The zero-order chi connectivity index (χ0) is 75.8. The van der Waals surface area contributed by atoms with Crippen molar-refractivity contribution < 1.29 is 4.74 Å². The second-order valence-corrected chi connectivity index (χ2v) is 35.8. The molecule has 4 unspecified atom stereocenters. The smallest absolute Gasteiger partial charge is 0.256 e. The molecule has 3 aliphatic heterocycles. The molecule has 108 heavy (non-hydrogen) atoms. The van der Waals surface area contributed by atoms with E-state index in [1.54, 1.807) is 0 Å². The van der Waals surface area contributed by atoms with Crippen LogP contribution in [0.15, 0.2) is 211 Å². The number of para-hydroxylation sites is 1. The molecule has 0 fully saturated rings. The molecule has 0 saturated carbocycles. The molecule has 0 amide bonds. The third-order valence-electron chi connectivity index (χ3n) is 26.5. The number of fused-ring (bicyclic) bond motifs is 12. The van der Waals surface area contributed by atoms with E-state index in [1.165, 1.54) is 126 Å². The first kappa shape index (κ1) is 69.5. The van der Waals surface area contributed by atoms with Crippen LogP contribution in [-0.2, 0) is 21.7 Å². The van der Waals surface area contributed by atoms with Gasteiger partial charge in [0, 0.05) is 72.9 Å². The van der Waals surface area contributed by atoms with Crippen LogP contribution in [0.1, 0.15) is 118 Å². The molecule has 0 radical (unpaired) electrons. The molecule has 13 aromatic rings. The maximum atomic E-state index is 11.3. The van der Waals surface area contributed by atoms with Gasteiger partial charge in [-0.2, -0.15) is 5.26 Å². The lowest BCUT2D eigenvalue weighted by Gasteiger charge is -2.58. The summed E-state index contributed by atoms with van der Waals surface area (Å²) in [6, 6.07) is 70.0. The van der Waals surface area contributed by atoms with Crippen LogP contribution >= 0.6 is 0 Å². The van der Waals surface area contributed by atoms with E-state index in [0.717, 1.165) is 84.5 Å². The van der Waals surface area contributed by atoms with Gasteiger partial charge in [-0.05, 0) is 199 Å². The van der Waals surface area contributed by atoms with Crippen LogP contribution in [-0.4, -0.2) is 84.2 Å². The average molecular weight is 1390 g/mol. The van der Waals surface area contributed by atoms with Crippen molar-refractivity contribution >= 4 is 202 Å². The summed E-state index contributed by atoms with van der Waals surface area (Å²) in [7, 11) is 18.5. The molecule has 0 spiro atoms. The van der Waals surface area contributed by atoms with Crippen LogP contribution in [0, 0.1) is 23.2 Å². The van der Waals surface area contributed by atoms with Crippen LogP contribution < -0.4 is 74.6 Å². The fourth-order valence-corrected chi connectivity index (χ4v) is 20.0. The van der Waals surface area contributed by atoms with E-state index in [2.05, 4.69) is 372 Å². The highest BCUT2D eigenvalue weighted by molar-refractivity contribution is 6.99. The zero-order valence-electron chi connectivity index (χ0n) is 66.9. The van der Waals surface area contributed by atoms with Gasteiger partial charge in [-0.1, -0.05) is 218 Å². The fourth-order valence-electron chi connectivity index (χ4n) is 20.0. The van der Waals surface area contributed by atoms with Gasteiger partial charge in [0.2, 0.25) is 0 Å². The molecule has 0 saturated heterocycles. The van der Waals surface area contributed by atoms with E-state index in [4.69, 9.17) is 4.74 Å². The minimum Gasteiger partial charge on any atom is -0.458 e. The van der Waals surface area contributed by atoms with Crippen molar-refractivity contribution in [2.75, 3.05) is 9.80 Å². The van der Waals surface area contributed by atoms with Crippen LogP contribution in [0.25, 0.3) is 77.2 Å². The highest BCUT2D eigenvalue weighted by Gasteiger charge is 2.55. The van der Waals surface area contributed by atoms with Gasteiger partial charge >= 0.3 is 0 Å². The topological polar surface area (TPSA) is 49.4 Å². The Morgan fingerprint density at radius 3 is 1.60 bits per heavy atom. The Kier molecular flexibility index (Phi) is 15.3. The number of benzene rings is 11. The fraction of sp³-hybridized carbons (Fsp3) is 0.215. The number of allylic oxidation sites excluding steroid dienone is 4. The number of nitrogens with zero attached hydrogens (tertiary/aromatic N) is 5. The first-order valence-corrected chi connectivity index (χ1v) is 39.1. The van der Waals surface area contributed by atoms with Crippen molar-refractivity contribution in [2.24, 2.45) is 11.8 Å². The minimum absolute atomic E-state index is 0.0655. The quantitative estimate of drug-likeness (QED) is 0.124. The van der Waals surface area contributed by atoms with Gasteiger partial charge in [0.1, 0.15) is 74.3 Å². The van der Waals surface area contributed by atoms with Crippen molar-refractivity contribution in [2.45, 2.75) is 117 Å². The number of ether oxygens (including phenoxy) is 1. The lowest BCUT2D eigenvalue weighted by molar-refractivity contribution is 0.459. The second-order valence-electron chi connectivity index (χ2n) is 35.8. The SMILES string of the molecule is Bc1c(B)c(B)c2c(c1B)c1c(B)c(B)c(B)c(B)c1n2-c1ccc2c(c1)Oc1cc(-c3cc(C#N)ccc3N3c4ccccc4C4(C)C=CC(C)C5=C4C3(C)C=CC5C)cc3c1B2c1ccc(-n2c4ccc(C(C)(C)C)cc4c4cc(C(C)(C)C)ccc42)cc1N3c1ccc(C(C)(C)C)cc1-c1ccccc1. The highest BCUT2D eigenvalue weighted by atomic mass is 16.5. The molecule has 18 rings (SSSR count). The largest absolute Gasteiger partial charge is 0.458 e. The molecule has 6 nitrogen and oxygen atoms in total. The molecule has 2 aliphatic carbocycles. The maximum Gasteiger partial charge on any atom is 0.256 e. The number of hydrogen-bond donors (Lipinski definition) is 0. The first-order valence-electron chi connectivity index (χ1n) is 39.1. The predicted octanol–water partition coefficient (Wildman–Crippen LogP) is 8.33. The van der Waals surface area contributed by atoms with Crippen molar-refractivity contribution in [3.05, 3.63) is 239 Å². The summed E-state index contributed by atoms with van der Waals surface area (Å²) < 4.78 is 13.1. The highest BCUT2D eigenvalue weighted by Crippen LogP contribution is 2.62. The van der Waals surface area contributed by atoms with Crippen molar-refractivity contribution in [3.63, 3.8) is 0 Å². The molecule has 11 aromatic carbocycles. The summed E-state index contributed by atoms with van der Waals surface area (Å²) in [5.41, 5.74) is 37.7. The Morgan fingerprint density at radius 2 is 0.991 bits per heavy atom. The van der Waals surface area contributed by atoms with E-state index in [1.807, 2.05) is 6.07 Å². The Balaban J connectivity index is 0.968. The van der Waals surface area contributed by atoms with Crippen molar-refractivity contribution in [1.82, 2.24) is 9.13 Å². The Morgan fingerprint density at radius 1 is 0.454 bits per heavy atom. The van der Waals surface area contributed by atoms with Crippen molar-refractivity contribution in [1.29, 1.82) is 5.26 Å². The predicted molar refractivity (Wildman–Crippen MR) is 486 cm³/mol. The minimum atomic E-state index is -0.600. The molecule has 0 bridgehead atoms. The standard InChI is InChI=1S/C93H90B9N5O/c1-48-35-37-92(12)62-21-17-18-22-69(62)107(93(13)38-36-49(2)74(48)88(92)93)68-31-23-50(47-103)39-58(68)52-40-71-85-73(41-52)108-72-46-57(105-86-75(77(94)79(96)81(98)83(86)100)76-78(95)80(97)82(99)84(101)87(76)105)28-30-64(72)102(85)63-29-27-56(45-70(63)106(71)65-32-24-53(89(3,4)5)42-59(65)51-19-15-14-16-20-51)104-66-33-25-54(90(6,7)8)43-60(66)61-44-55(91(9,10)11)26-34-67(61)104/h14-46,48-49H,94-101H2,1-13H3. The molecule has 520 valence electrons. The number of hydrogen-bond acceptors (Lipinski definition) is 4. The molecule has 5 heterocycles. The monoisotopic (exact) mass is 1390 g/mol. The van der Waals surface area contributed by atoms with Gasteiger partial charge in [0.25, 0.3) is 6.71 Å². The normalized spacial score (nSPS) is 18.5. The van der Waals surface area contributed by atoms with Gasteiger partial charge in [0.05, 0.1) is 39.6 Å². The molecule has 5 aliphatic rings. The summed E-state index contributed by atoms with van der Waals surface area (Å²) in [4.78, 5) is 5.21. The molecule has 2 aromatic heterocycles. The van der Waals surface area contributed by atoms with Gasteiger partial charge in [-0.25, -0.2) is 0 Å². The second kappa shape index (κ2) is 23.9. The van der Waals surface area contributed by atoms with E-state index in [-0.39, 0.29) is 40.2 Å².